The second kappa shape index (κ2) is 11.2. The standard InChI is InChI=1S/C30H27FN2O6/c1-20(34)38-25-17-27(33-18-24(31)28(35)32-29(33)36)39-26(25)19-37-30(21-11-5-2-6-12-21,22-13-7-3-8-14-22)23-15-9-4-10-16-23/h2-16,18,25-27H,17,19H2,1H3,(H,32,35,36)/t25-,26+,27+/m0/s1. The molecule has 1 fully saturated rings. The largest absolute Gasteiger partial charge is 0.460 e. The smallest absolute Gasteiger partial charge is 0.330 e. The summed E-state index contributed by atoms with van der Waals surface area (Å²) in [5, 5.41) is 0. The van der Waals surface area contributed by atoms with Gasteiger partial charge in [0.05, 0.1) is 12.8 Å². The maximum absolute atomic E-state index is 14.0. The monoisotopic (exact) mass is 530 g/mol. The van der Waals surface area contributed by atoms with E-state index < -0.39 is 47.1 Å². The van der Waals surface area contributed by atoms with Gasteiger partial charge in [0.25, 0.3) is 5.56 Å². The van der Waals surface area contributed by atoms with Crippen LogP contribution in [0.15, 0.2) is 107 Å². The molecule has 3 atom stereocenters. The molecule has 39 heavy (non-hydrogen) atoms. The highest BCUT2D eigenvalue weighted by Crippen LogP contribution is 2.41. The van der Waals surface area contributed by atoms with Crippen molar-refractivity contribution in [3.63, 3.8) is 0 Å². The summed E-state index contributed by atoms with van der Waals surface area (Å²) >= 11 is 0. The van der Waals surface area contributed by atoms with E-state index in [0.29, 0.717) is 0 Å². The van der Waals surface area contributed by atoms with E-state index in [0.717, 1.165) is 27.5 Å². The van der Waals surface area contributed by atoms with Gasteiger partial charge in [-0.3, -0.25) is 19.1 Å². The average Bonchev–Trinajstić information content (AvgIpc) is 3.34. The maximum atomic E-state index is 14.0. The number of ether oxygens (including phenoxy) is 3. The van der Waals surface area contributed by atoms with Gasteiger partial charge < -0.3 is 14.2 Å². The fourth-order valence-corrected chi connectivity index (χ4v) is 5.01. The van der Waals surface area contributed by atoms with Crippen molar-refractivity contribution < 1.29 is 23.4 Å². The number of aromatic amines is 1. The number of carbonyl (C=O) groups is 1. The van der Waals surface area contributed by atoms with E-state index >= 15 is 0 Å². The van der Waals surface area contributed by atoms with Gasteiger partial charge in [-0.05, 0) is 16.7 Å². The molecular formula is C30H27FN2O6. The van der Waals surface area contributed by atoms with E-state index in [-0.39, 0.29) is 13.0 Å². The Labute approximate surface area is 223 Å². The second-order valence-electron chi connectivity index (χ2n) is 9.25. The van der Waals surface area contributed by atoms with Crippen molar-refractivity contribution in [2.45, 2.75) is 37.4 Å². The Bertz CT molecular complexity index is 1440. The molecule has 8 nitrogen and oxygen atoms in total. The number of nitrogens with one attached hydrogen (secondary N) is 1. The van der Waals surface area contributed by atoms with Crippen LogP contribution in [0, 0.1) is 5.82 Å². The molecule has 200 valence electrons. The lowest BCUT2D eigenvalue weighted by molar-refractivity contribution is -0.153. The number of nitrogens with zero attached hydrogens (tertiary/aromatic N) is 1. The van der Waals surface area contributed by atoms with E-state index in [2.05, 4.69) is 0 Å². The molecule has 1 saturated heterocycles. The highest BCUT2D eigenvalue weighted by Gasteiger charge is 2.43. The van der Waals surface area contributed by atoms with Gasteiger partial charge in [-0.25, -0.2) is 4.79 Å². The van der Waals surface area contributed by atoms with Crippen LogP contribution in [0.25, 0.3) is 0 Å². The number of carbonyl (C=O) groups excluding carboxylic acids is 1. The summed E-state index contributed by atoms with van der Waals surface area (Å²) in [7, 11) is 0. The van der Waals surface area contributed by atoms with Crippen LogP contribution in [0.5, 0.6) is 0 Å². The van der Waals surface area contributed by atoms with Crippen molar-refractivity contribution in [2.24, 2.45) is 0 Å². The molecule has 0 saturated carbocycles. The van der Waals surface area contributed by atoms with Gasteiger partial charge in [-0.15, -0.1) is 0 Å². The van der Waals surface area contributed by atoms with Gasteiger partial charge in [0.1, 0.15) is 24.0 Å². The minimum Gasteiger partial charge on any atom is -0.460 e. The molecule has 0 bridgehead atoms. The minimum atomic E-state index is -1.13. The van der Waals surface area contributed by atoms with Crippen LogP contribution < -0.4 is 11.2 Å². The van der Waals surface area contributed by atoms with E-state index in [1.54, 1.807) is 0 Å². The zero-order valence-corrected chi connectivity index (χ0v) is 21.2. The summed E-state index contributed by atoms with van der Waals surface area (Å²) in [4.78, 5) is 37.8. The molecule has 0 radical (unpaired) electrons. The van der Waals surface area contributed by atoms with Gasteiger partial charge in [-0.1, -0.05) is 91.0 Å². The first-order valence-electron chi connectivity index (χ1n) is 12.5. The topological polar surface area (TPSA) is 99.6 Å². The number of hydrogen-bond donors (Lipinski definition) is 1. The van der Waals surface area contributed by atoms with Crippen molar-refractivity contribution >= 4 is 5.97 Å². The van der Waals surface area contributed by atoms with E-state index in [1.807, 2.05) is 96.0 Å². The van der Waals surface area contributed by atoms with Gasteiger partial charge in [0.15, 0.2) is 0 Å². The van der Waals surface area contributed by atoms with E-state index in [4.69, 9.17) is 14.2 Å². The van der Waals surface area contributed by atoms with Crippen LogP contribution in [-0.4, -0.2) is 34.3 Å². The van der Waals surface area contributed by atoms with E-state index in [9.17, 15) is 18.8 Å². The summed E-state index contributed by atoms with van der Waals surface area (Å²) in [6.07, 6.45) is -1.71. The van der Waals surface area contributed by atoms with Crippen LogP contribution >= 0.6 is 0 Å². The maximum Gasteiger partial charge on any atom is 0.330 e. The van der Waals surface area contributed by atoms with Crippen molar-refractivity contribution in [2.75, 3.05) is 6.61 Å². The Balaban J connectivity index is 1.54. The third kappa shape index (κ3) is 5.32. The normalized spacial score (nSPS) is 19.1. The van der Waals surface area contributed by atoms with Crippen molar-refractivity contribution in [1.29, 1.82) is 0 Å². The third-order valence-electron chi connectivity index (χ3n) is 6.74. The molecule has 9 heteroatoms. The molecule has 3 aromatic carbocycles. The SMILES string of the molecule is CC(=O)O[C@H]1C[C@H](n2cc(F)c(=O)[nH]c2=O)O[C@@H]1COC(c1ccccc1)(c1ccccc1)c1ccccc1. The number of hydrogen-bond acceptors (Lipinski definition) is 6. The first-order chi connectivity index (χ1) is 18.9. The first-order valence-corrected chi connectivity index (χ1v) is 12.5. The van der Waals surface area contributed by atoms with E-state index in [1.165, 1.54) is 6.92 Å². The van der Waals surface area contributed by atoms with Crippen LogP contribution in [0.3, 0.4) is 0 Å². The molecule has 0 aliphatic carbocycles. The van der Waals surface area contributed by atoms with Gasteiger partial charge >= 0.3 is 11.7 Å². The number of H-pyrrole nitrogens is 1. The predicted molar refractivity (Wildman–Crippen MR) is 141 cm³/mol. The molecule has 1 aliphatic heterocycles. The zero-order chi connectivity index (χ0) is 27.4. The molecule has 2 heterocycles. The molecule has 1 aromatic heterocycles. The summed E-state index contributed by atoms with van der Waals surface area (Å²) in [5.74, 6) is -1.66. The van der Waals surface area contributed by atoms with Crippen LogP contribution in [-0.2, 0) is 24.6 Å². The third-order valence-corrected chi connectivity index (χ3v) is 6.74. The lowest BCUT2D eigenvalue weighted by Crippen LogP contribution is -2.39. The summed E-state index contributed by atoms with van der Waals surface area (Å²) in [6.45, 7) is 1.24. The lowest BCUT2D eigenvalue weighted by Gasteiger charge is -2.37. The lowest BCUT2D eigenvalue weighted by atomic mass is 9.80. The molecule has 4 aromatic rings. The van der Waals surface area contributed by atoms with Crippen molar-refractivity contribution in [1.82, 2.24) is 9.55 Å². The average molecular weight is 531 g/mol. The molecule has 0 unspecified atom stereocenters. The number of halogens is 1. The first kappa shape index (κ1) is 26.3. The van der Waals surface area contributed by atoms with Gasteiger partial charge in [0, 0.05) is 13.3 Å². The zero-order valence-electron chi connectivity index (χ0n) is 21.2. The fourth-order valence-electron chi connectivity index (χ4n) is 5.01. The molecule has 1 N–H and O–H groups in total. The van der Waals surface area contributed by atoms with Crippen LogP contribution in [0.4, 0.5) is 4.39 Å². The summed E-state index contributed by atoms with van der Waals surface area (Å²) in [6, 6.07) is 29.2. The molecule has 0 spiro atoms. The highest BCUT2D eigenvalue weighted by atomic mass is 19.1. The second-order valence-corrected chi connectivity index (χ2v) is 9.25. The number of aromatic nitrogens is 2. The predicted octanol–water partition coefficient (Wildman–Crippen LogP) is 3.90. The molecule has 0 amide bonds. The van der Waals surface area contributed by atoms with Crippen LogP contribution in [0.1, 0.15) is 36.3 Å². The van der Waals surface area contributed by atoms with Gasteiger partial charge in [-0.2, -0.15) is 4.39 Å². The highest BCUT2D eigenvalue weighted by molar-refractivity contribution is 5.66. The summed E-state index contributed by atoms with van der Waals surface area (Å²) in [5.41, 5.74) is -0.377. The molecular weight excluding hydrogens is 503 g/mol. The summed E-state index contributed by atoms with van der Waals surface area (Å²) < 4.78 is 33.4. The van der Waals surface area contributed by atoms with Crippen molar-refractivity contribution in [3.05, 3.63) is 141 Å². The van der Waals surface area contributed by atoms with Gasteiger partial charge in [0.2, 0.25) is 5.82 Å². The quantitative estimate of drug-likeness (QED) is 0.274. The Kier molecular flexibility index (Phi) is 7.53. The Morgan fingerprint density at radius 3 is 1.95 bits per heavy atom. The number of rotatable bonds is 8. The Hall–Kier alpha value is -4.34. The Morgan fingerprint density at radius 2 is 1.46 bits per heavy atom. The number of benzene rings is 3. The minimum absolute atomic E-state index is 0.0340. The molecule has 5 rings (SSSR count). The van der Waals surface area contributed by atoms with Crippen molar-refractivity contribution in [3.8, 4) is 0 Å². The Morgan fingerprint density at radius 1 is 0.949 bits per heavy atom. The fraction of sp³-hybridized carbons (Fsp3) is 0.233. The molecule has 1 aliphatic rings. The van der Waals surface area contributed by atoms with Crippen LogP contribution in [0.2, 0.25) is 0 Å². The number of esters is 1.